The van der Waals surface area contributed by atoms with Crippen LogP contribution in [0, 0.1) is 6.92 Å². The Balaban J connectivity index is 1.48. The largest absolute Gasteiger partial charge is 0.451 e. The van der Waals surface area contributed by atoms with E-state index in [0.29, 0.717) is 11.3 Å². The van der Waals surface area contributed by atoms with Gasteiger partial charge in [-0.15, -0.1) is 0 Å². The molecule has 5 aromatic rings. The lowest BCUT2D eigenvalue weighted by atomic mass is 10.2. The first kappa shape index (κ1) is 16.3. The van der Waals surface area contributed by atoms with Gasteiger partial charge in [-0.05, 0) is 49.4 Å². The van der Waals surface area contributed by atoms with Crippen LogP contribution in [0.2, 0.25) is 0 Å². The van der Waals surface area contributed by atoms with Crippen LogP contribution in [0.25, 0.3) is 27.7 Å². The summed E-state index contributed by atoms with van der Waals surface area (Å²) in [4.78, 5) is 17.2. The van der Waals surface area contributed by atoms with Crippen LogP contribution in [0.5, 0.6) is 0 Å². The highest BCUT2D eigenvalue weighted by atomic mass is 16.3. The number of nitrogens with one attached hydrogen (secondary N) is 1. The lowest BCUT2D eigenvalue weighted by Crippen LogP contribution is -2.10. The zero-order chi connectivity index (χ0) is 19.1. The molecule has 0 atom stereocenters. The summed E-state index contributed by atoms with van der Waals surface area (Å²) in [6, 6.07) is 25.1. The van der Waals surface area contributed by atoms with Crippen LogP contribution in [0.3, 0.4) is 0 Å². The van der Waals surface area contributed by atoms with Crippen LogP contribution >= 0.6 is 0 Å². The van der Waals surface area contributed by atoms with E-state index in [4.69, 9.17) is 4.42 Å². The molecule has 5 heteroatoms. The minimum Gasteiger partial charge on any atom is -0.451 e. The van der Waals surface area contributed by atoms with Gasteiger partial charge in [0.1, 0.15) is 11.4 Å². The lowest BCUT2D eigenvalue weighted by Gasteiger charge is -2.07. The molecule has 0 saturated carbocycles. The number of nitrogens with zero attached hydrogens (tertiary/aromatic N) is 2. The third-order valence-corrected chi connectivity index (χ3v) is 4.74. The maximum Gasteiger partial charge on any atom is 0.291 e. The smallest absolute Gasteiger partial charge is 0.291 e. The van der Waals surface area contributed by atoms with Crippen molar-refractivity contribution in [3.63, 3.8) is 0 Å². The Morgan fingerprint density at radius 2 is 1.75 bits per heavy atom. The van der Waals surface area contributed by atoms with Crippen molar-refractivity contribution >= 4 is 33.6 Å². The lowest BCUT2D eigenvalue weighted by molar-refractivity contribution is 0.0998. The van der Waals surface area contributed by atoms with Gasteiger partial charge in [0.2, 0.25) is 0 Å². The average molecular weight is 367 g/mol. The summed E-state index contributed by atoms with van der Waals surface area (Å²) in [5.74, 6) is 0.893. The number of aryl methyl sites for hydroxylation is 1. The first-order valence-corrected chi connectivity index (χ1v) is 9.03. The summed E-state index contributed by atoms with van der Waals surface area (Å²) in [6.07, 6.45) is 0. The van der Waals surface area contributed by atoms with Crippen molar-refractivity contribution in [3.05, 3.63) is 90.4 Å². The third kappa shape index (κ3) is 2.74. The fourth-order valence-corrected chi connectivity index (χ4v) is 3.47. The molecule has 0 unspecified atom stereocenters. The molecule has 0 spiro atoms. The van der Waals surface area contributed by atoms with Crippen molar-refractivity contribution in [3.8, 4) is 5.69 Å². The fourth-order valence-electron chi connectivity index (χ4n) is 3.47. The number of anilines is 1. The summed E-state index contributed by atoms with van der Waals surface area (Å²) in [7, 11) is 0. The van der Waals surface area contributed by atoms with Gasteiger partial charge < -0.3 is 9.73 Å². The van der Waals surface area contributed by atoms with Gasteiger partial charge in [-0.25, -0.2) is 4.98 Å². The molecule has 2 aromatic heterocycles. The monoisotopic (exact) mass is 367 g/mol. The predicted octanol–water partition coefficient (Wildman–Crippen LogP) is 5.33. The molecule has 0 radical (unpaired) electrons. The van der Waals surface area contributed by atoms with Crippen molar-refractivity contribution in [2.45, 2.75) is 6.92 Å². The molecule has 5 rings (SSSR count). The minimum atomic E-state index is -0.283. The molecule has 1 N–H and O–H groups in total. The third-order valence-electron chi connectivity index (χ3n) is 4.74. The van der Waals surface area contributed by atoms with Crippen LogP contribution in [0.1, 0.15) is 16.4 Å². The Morgan fingerprint density at radius 3 is 2.57 bits per heavy atom. The number of hydrogen-bond donors (Lipinski definition) is 1. The zero-order valence-electron chi connectivity index (χ0n) is 15.2. The number of carbonyl (C=O) groups is 1. The molecular weight excluding hydrogens is 350 g/mol. The van der Waals surface area contributed by atoms with Gasteiger partial charge in [-0.1, -0.05) is 36.4 Å². The van der Waals surface area contributed by atoms with E-state index >= 15 is 0 Å². The number of fused-ring (bicyclic) bond motifs is 2. The second-order valence-corrected chi connectivity index (χ2v) is 6.64. The molecule has 3 aromatic carbocycles. The number of imidazole rings is 1. The standard InChI is InChI=1S/C23H17N3O2/c1-15-24-19-14-17(11-12-20(19)26(15)18-8-3-2-4-9-18)25-23(27)22-13-16-7-5-6-10-21(16)28-22/h2-14H,1H3,(H,25,27). The summed E-state index contributed by atoms with van der Waals surface area (Å²) in [5.41, 5.74) is 4.24. The molecule has 0 fully saturated rings. The molecule has 0 saturated heterocycles. The molecule has 28 heavy (non-hydrogen) atoms. The van der Waals surface area contributed by atoms with Gasteiger partial charge in [0.05, 0.1) is 11.0 Å². The number of amides is 1. The predicted molar refractivity (Wildman–Crippen MR) is 110 cm³/mol. The molecule has 5 nitrogen and oxygen atoms in total. The van der Waals surface area contributed by atoms with E-state index in [1.165, 1.54) is 0 Å². The Labute approximate surface area is 161 Å². The van der Waals surface area contributed by atoms with Gasteiger partial charge in [-0.2, -0.15) is 0 Å². The van der Waals surface area contributed by atoms with E-state index in [2.05, 4.69) is 14.9 Å². The quantitative estimate of drug-likeness (QED) is 0.469. The van der Waals surface area contributed by atoms with Crippen molar-refractivity contribution in [1.82, 2.24) is 9.55 Å². The Hall–Kier alpha value is -3.86. The van der Waals surface area contributed by atoms with Crippen molar-refractivity contribution < 1.29 is 9.21 Å². The number of aromatic nitrogens is 2. The Morgan fingerprint density at radius 1 is 0.964 bits per heavy atom. The highest BCUT2D eigenvalue weighted by Crippen LogP contribution is 2.25. The number of furan rings is 1. The van der Waals surface area contributed by atoms with Crippen molar-refractivity contribution in [2.24, 2.45) is 0 Å². The number of benzene rings is 3. The number of hydrogen-bond acceptors (Lipinski definition) is 3. The normalized spacial score (nSPS) is 11.2. The van der Waals surface area contributed by atoms with E-state index in [1.807, 2.05) is 79.7 Å². The molecule has 0 aliphatic carbocycles. The maximum absolute atomic E-state index is 12.6. The molecule has 0 aliphatic rings. The van der Waals surface area contributed by atoms with Crippen molar-refractivity contribution in [2.75, 3.05) is 5.32 Å². The van der Waals surface area contributed by atoms with Crippen LogP contribution in [0.15, 0.2) is 83.3 Å². The Bertz CT molecular complexity index is 1280. The number of carbonyl (C=O) groups excluding carboxylic acids is 1. The van der Waals surface area contributed by atoms with Crippen LogP contribution < -0.4 is 5.32 Å². The Kier molecular flexibility index (Phi) is 3.72. The molecular formula is C23H17N3O2. The van der Waals surface area contributed by atoms with Crippen molar-refractivity contribution in [1.29, 1.82) is 0 Å². The van der Waals surface area contributed by atoms with E-state index in [1.54, 1.807) is 6.07 Å². The van der Waals surface area contributed by atoms with Gasteiger partial charge >= 0.3 is 0 Å². The number of para-hydroxylation sites is 2. The first-order chi connectivity index (χ1) is 13.7. The minimum absolute atomic E-state index is 0.283. The highest BCUT2D eigenvalue weighted by Gasteiger charge is 2.14. The van der Waals surface area contributed by atoms with Gasteiger partial charge in [0.25, 0.3) is 5.91 Å². The van der Waals surface area contributed by atoms with Crippen LogP contribution in [-0.4, -0.2) is 15.5 Å². The SMILES string of the molecule is Cc1nc2cc(NC(=O)c3cc4ccccc4o3)ccc2n1-c1ccccc1. The topological polar surface area (TPSA) is 60.1 Å². The van der Waals surface area contributed by atoms with Gasteiger partial charge in [-0.3, -0.25) is 9.36 Å². The molecule has 136 valence electrons. The molecule has 2 heterocycles. The molecule has 0 bridgehead atoms. The second kappa shape index (κ2) is 6.39. The summed E-state index contributed by atoms with van der Waals surface area (Å²) >= 11 is 0. The summed E-state index contributed by atoms with van der Waals surface area (Å²) < 4.78 is 7.74. The average Bonchev–Trinajstić information content (AvgIpc) is 3.28. The van der Waals surface area contributed by atoms with E-state index in [9.17, 15) is 4.79 Å². The second-order valence-electron chi connectivity index (χ2n) is 6.64. The van der Waals surface area contributed by atoms with Crippen LogP contribution in [-0.2, 0) is 0 Å². The summed E-state index contributed by atoms with van der Waals surface area (Å²) in [5, 5.41) is 3.80. The maximum atomic E-state index is 12.6. The van der Waals surface area contributed by atoms with Crippen LogP contribution in [0.4, 0.5) is 5.69 Å². The summed E-state index contributed by atoms with van der Waals surface area (Å²) in [6.45, 7) is 1.97. The van der Waals surface area contributed by atoms with Gasteiger partial charge in [0.15, 0.2) is 5.76 Å². The first-order valence-electron chi connectivity index (χ1n) is 9.03. The molecule has 0 aliphatic heterocycles. The zero-order valence-corrected chi connectivity index (χ0v) is 15.2. The fraction of sp³-hybridized carbons (Fsp3) is 0.0435. The van der Waals surface area contributed by atoms with E-state index in [-0.39, 0.29) is 11.7 Å². The number of rotatable bonds is 3. The highest BCUT2D eigenvalue weighted by molar-refractivity contribution is 6.05. The van der Waals surface area contributed by atoms with E-state index in [0.717, 1.165) is 27.9 Å². The molecule has 1 amide bonds. The van der Waals surface area contributed by atoms with E-state index < -0.39 is 0 Å². The van der Waals surface area contributed by atoms with Gasteiger partial charge in [0, 0.05) is 16.8 Å².